The summed E-state index contributed by atoms with van der Waals surface area (Å²) in [5, 5.41) is 0. The van der Waals surface area contributed by atoms with Gasteiger partial charge in [0.05, 0.1) is 10.6 Å². The second-order valence-corrected chi connectivity index (χ2v) is 7.77. The van der Waals surface area contributed by atoms with Crippen LogP contribution in [-0.2, 0) is 16.4 Å². The molecule has 0 aromatic heterocycles. The molecule has 0 bridgehead atoms. The molecule has 1 saturated heterocycles. The lowest BCUT2D eigenvalue weighted by atomic mass is 10.2. The van der Waals surface area contributed by atoms with Gasteiger partial charge in [0.2, 0.25) is 0 Å². The molecule has 1 aromatic rings. The molecule has 0 radical (unpaired) electrons. The number of nitrogens with two attached hydrogens (primary N) is 1. The first-order chi connectivity index (χ1) is 10.0. The molecule has 0 aliphatic carbocycles. The Kier molecular flexibility index (Phi) is 5.75. The van der Waals surface area contributed by atoms with E-state index in [-0.39, 0.29) is 5.75 Å². The molecule has 0 atom stereocenters. The van der Waals surface area contributed by atoms with Crippen LogP contribution in [0, 0.1) is 0 Å². The molecule has 21 heavy (non-hydrogen) atoms. The molecule has 0 spiro atoms. The van der Waals surface area contributed by atoms with Gasteiger partial charge in [0.1, 0.15) is 0 Å². The topological polar surface area (TPSA) is 66.6 Å². The maximum Gasteiger partial charge on any atom is 0.179 e. The average molecular weight is 311 g/mol. The van der Waals surface area contributed by atoms with Gasteiger partial charge in [-0.3, -0.25) is 0 Å². The summed E-state index contributed by atoms with van der Waals surface area (Å²) in [6, 6.07) is 6.89. The van der Waals surface area contributed by atoms with E-state index in [1.54, 1.807) is 24.3 Å². The molecule has 6 heteroatoms. The fourth-order valence-electron chi connectivity index (χ4n) is 2.52. The minimum absolute atomic E-state index is 0.179. The van der Waals surface area contributed by atoms with Crippen LogP contribution in [0.4, 0.5) is 0 Å². The van der Waals surface area contributed by atoms with Crippen molar-refractivity contribution in [1.29, 1.82) is 0 Å². The summed E-state index contributed by atoms with van der Waals surface area (Å²) in [5.41, 5.74) is 6.48. The van der Waals surface area contributed by atoms with Gasteiger partial charge in [-0.05, 0) is 44.3 Å². The van der Waals surface area contributed by atoms with Crippen molar-refractivity contribution in [3.05, 3.63) is 29.8 Å². The van der Waals surface area contributed by atoms with E-state index in [0.29, 0.717) is 18.0 Å². The first-order valence-electron chi connectivity index (χ1n) is 7.44. The van der Waals surface area contributed by atoms with E-state index >= 15 is 0 Å². The molecule has 1 heterocycles. The molecular weight excluding hydrogens is 286 g/mol. The lowest BCUT2D eigenvalue weighted by Crippen LogP contribution is -2.33. The number of rotatable bonds is 5. The van der Waals surface area contributed by atoms with Crippen LogP contribution < -0.4 is 5.73 Å². The second-order valence-electron chi connectivity index (χ2n) is 5.67. The van der Waals surface area contributed by atoms with E-state index in [0.717, 1.165) is 38.2 Å². The first-order valence-corrected chi connectivity index (χ1v) is 9.09. The zero-order valence-electron chi connectivity index (χ0n) is 12.7. The zero-order valence-corrected chi connectivity index (χ0v) is 13.5. The Morgan fingerprint density at radius 1 is 1.10 bits per heavy atom. The number of likely N-dealkylation sites (N-methyl/N-ethyl adjacent to an activating group) is 1. The van der Waals surface area contributed by atoms with E-state index in [9.17, 15) is 8.42 Å². The smallest absolute Gasteiger partial charge is 0.179 e. The maximum atomic E-state index is 12.4. The Bertz CT molecular complexity index is 543. The fraction of sp³-hybridized carbons (Fsp3) is 0.600. The standard InChI is InChI=1S/C15H25N3O2S/c1-17-7-2-8-18(10-9-17)11-12-21(19,20)15-5-3-14(13-16)4-6-15/h3-6H,2,7-13,16H2,1H3. The van der Waals surface area contributed by atoms with Crippen molar-refractivity contribution in [3.8, 4) is 0 Å². The van der Waals surface area contributed by atoms with Crippen molar-refractivity contribution < 1.29 is 8.42 Å². The molecule has 2 N–H and O–H groups in total. The summed E-state index contributed by atoms with van der Waals surface area (Å²) in [7, 11) is -1.10. The minimum atomic E-state index is -3.21. The summed E-state index contributed by atoms with van der Waals surface area (Å²) in [6.07, 6.45) is 1.10. The van der Waals surface area contributed by atoms with Crippen LogP contribution in [0.15, 0.2) is 29.2 Å². The predicted molar refractivity (Wildman–Crippen MR) is 84.9 cm³/mol. The SMILES string of the molecule is CN1CCCN(CCS(=O)(=O)c2ccc(CN)cc2)CC1. The van der Waals surface area contributed by atoms with Crippen molar-refractivity contribution >= 4 is 9.84 Å². The quantitative estimate of drug-likeness (QED) is 0.860. The fourth-order valence-corrected chi connectivity index (χ4v) is 3.81. The van der Waals surface area contributed by atoms with E-state index in [2.05, 4.69) is 16.8 Å². The summed E-state index contributed by atoms with van der Waals surface area (Å²) >= 11 is 0. The largest absolute Gasteiger partial charge is 0.326 e. The third-order valence-corrected chi connectivity index (χ3v) is 5.72. The highest BCUT2D eigenvalue weighted by Crippen LogP contribution is 2.13. The third kappa shape index (κ3) is 4.78. The Balaban J connectivity index is 1.94. The van der Waals surface area contributed by atoms with Crippen LogP contribution in [0.2, 0.25) is 0 Å². The van der Waals surface area contributed by atoms with Crippen LogP contribution in [-0.4, -0.2) is 63.7 Å². The number of benzene rings is 1. The summed E-state index contributed by atoms with van der Waals surface area (Å²) in [4.78, 5) is 4.93. The van der Waals surface area contributed by atoms with E-state index < -0.39 is 9.84 Å². The van der Waals surface area contributed by atoms with Gasteiger partial charge in [-0.1, -0.05) is 12.1 Å². The van der Waals surface area contributed by atoms with Gasteiger partial charge in [-0.15, -0.1) is 0 Å². The first kappa shape index (κ1) is 16.4. The number of nitrogens with zero attached hydrogens (tertiary/aromatic N) is 2. The summed E-state index contributed by atoms with van der Waals surface area (Å²) in [5.74, 6) is 0.179. The van der Waals surface area contributed by atoms with Crippen LogP contribution in [0.1, 0.15) is 12.0 Å². The van der Waals surface area contributed by atoms with Crippen LogP contribution in [0.3, 0.4) is 0 Å². The van der Waals surface area contributed by atoms with Crippen molar-refractivity contribution in [1.82, 2.24) is 9.80 Å². The number of hydrogen-bond donors (Lipinski definition) is 1. The van der Waals surface area contributed by atoms with Crippen LogP contribution >= 0.6 is 0 Å². The van der Waals surface area contributed by atoms with Crippen LogP contribution in [0.25, 0.3) is 0 Å². The van der Waals surface area contributed by atoms with Gasteiger partial charge in [0.25, 0.3) is 0 Å². The van der Waals surface area contributed by atoms with Crippen molar-refractivity contribution in [3.63, 3.8) is 0 Å². The van der Waals surface area contributed by atoms with E-state index in [4.69, 9.17) is 5.73 Å². The van der Waals surface area contributed by atoms with Gasteiger partial charge in [-0.2, -0.15) is 0 Å². The summed E-state index contributed by atoms with van der Waals surface area (Å²) < 4.78 is 24.7. The maximum absolute atomic E-state index is 12.4. The Morgan fingerprint density at radius 3 is 2.48 bits per heavy atom. The van der Waals surface area contributed by atoms with Crippen molar-refractivity contribution in [2.24, 2.45) is 5.73 Å². The van der Waals surface area contributed by atoms with Crippen molar-refractivity contribution in [2.45, 2.75) is 17.9 Å². The highest BCUT2D eigenvalue weighted by Gasteiger charge is 2.18. The third-order valence-electron chi connectivity index (χ3n) is 4.01. The summed E-state index contributed by atoms with van der Waals surface area (Å²) in [6.45, 7) is 5.05. The molecule has 1 fully saturated rings. The molecule has 0 saturated carbocycles. The highest BCUT2D eigenvalue weighted by atomic mass is 32.2. The number of sulfone groups is 1. The average Bonchev–Trinajstić information content (AvgIpc) is 2.70. The molecule has 0 unspecified atom stereocenters. The highest BCUT2D eigenvalue weighted by molar-refractivity contribution is 7.91. The Labute approximate surface area is 127 Å². The minimum Gasteiger partial charge on any atom is -0.326 e. The van der Waals surface area contributed by atoms with E-state index in [1.807, 2.05) is 0 Å². The van der Waals surface area contributed by atoms with Gasteiger partial charge in [0.15, 0.2) is 9.84 Å². The zero-order chi connectivity index (χ0) is 15.3. The van der Waals surface area contributed by atoms with Gasteiger partial charge in [-0.25, -0.2) is 8.42 Å². The Morgan fingerprint density at radius 2 is 1.81 bits per heavy atom. The van der Waals surface area contributed by atoms with Gasteiger partial charge >= 0.3 is 0 Å². The molecule has 1 aromatic carbocycles. The monoisotopic (exact) mass is 311 g/mol. The normalized spacial score (nSPS) is 18.6. The van der Waals surface area contributed by atoms with Crippen molar-refractivity contribution in [2.75, 3.05) is 45.5 Å². The van der Waals surface area contributed by atoms with Gasteiger partial charge in [0, 0.05) is 26.2 Å². The van der Waals surface area contributed by atoms with Crippen LogP contribution in [0.5, 0.6) is 0 Å². The lowest BCUT2D eigenvalue weighted by Gasteiger charge is -2.19. The molecule has 1 aliphatic rings. The predicted octanol–water partition coefficient (Wildman–Crippen LogP) is 0.557. The molecule has 1 aliphatic heterocycles. The molecule has 5 nitrogen and oxygen atoms in total. The lowest BCUT2D eigenvalue weighted by molar-refractivity contribution is 0.289. The van der Waals surface area contributed by atoms with E-state index in [1.165, 1.54) is 0 Å². The Hall–Kier alpha value is -0.950. The molecule has 118 valence electrons. The second kappa shape index (κ2) is 7.35. The van der Waals surface area contributed by atoms with Gasteiger partial charge < -0.3 is 15.5 Å². The molecular formula is C15H25N3O2S. The molecule has 2 rings (SSSR count). The molecule has 0 amide bonds. The number of hydrogen-bond acceptors (Lipinski definition) is 5.